The molecule has 1 aromatic carbocycles. The Balaban J connectivity index is 2.66. The van der Waals surface area contributed by atoms with Crippen LogP contribution >= 0.6 is 0 Å². The first-order chi connectivity index (χ1) is 7.15. The highest BCUT2D eigenvalue weighted by molar-refractivity contribution is 5.72. The molecule has 0 atom stereocenters. The van der Waals surface area contributed by atoms with Crippen LogP contribution in [-0.2, 0) is 0 Å². The maximum atomic E-state index is 8.80. The lowest BCUT2D eigenvalue weighted by molar-refractivity contribution is 0.607. The zero-order valence-electron chi connectivity index (χ0n) is 9.25. The molecule has 0 saturated carbocycles. The minimum absolute atomic E-state index is 0.532. The second-order valence-electron chi connectivity index (χ2n) is 3.99. The van der Waals surface area contributed by atoms with Crippen molar-refractivity contribution in [1.29, 1.82) is 5.26 Å². The highest BCUT2D eigenvalue weighted by Crippen LogP contribution is 2.21. The van der Waals surface area contributed by atoms with Crippen LogP contribution in [0.3, 0.4) is 0 Å². The number of nitrogens with one attached hydrogen (secondary N) is 1. The van der Waals surface area contributed by atoms with Gasteiger partial charge in [0.25, 0.3) is 0 Å². The van der Waals surface area contributed by atoms with Crippen molar-refractivity contribution in [2.75, 3.05) is 17.6 Å². The zero-order chi connectivity index (χ0) is 11.3. The third kappa shape index (κ3) is 3.17. The molecule has 0 bridgehead atoms. The van der Waals surface area contributed by atoms with Crippen molar-refractivity contribution in [3.05, 3.63) is 23.8 Å². The van der Waals surface area contributed by atoms with Crippen molar-refractivity contribution >= 4 is 11.4 Å². The number of para-hydroxylation sites is 1. The van der Waals surface area contributed by atoms with E-state index in [0.717, 1.165) is 18.7 Å². The molecule has 1 aromatic rings. The maximum absolute atomic E-state index is 8.80. The average molecular weight is 203 g/mol. The average Bonchev–Trinajstić information content (AvgIpc) is 2.20. The van der Waals surface area contributed by atoms with Gasteiger partial charge in [-0.15, -0.1) is 0 Å². The largest absolute Gasteiger partial charge is 0.396 e. The van der Waals surface area contributed by atoms with E-state index in [1.165, 1.54) is 0 Å². The van der Waals surface area contributed by atoms with E-state index in [1.54, 1.807) is 6.07 Å². The van der Waals surface area contributed by atoms with Crippen LogP contribution in [0.5, 0.6) is 0 Å². The molecule has 15 heavy (non-hydrogen) atoms. The number of nitrogens with two attached hydrogens (primary N) is 1. The van der Waals surface area contributed by atoms with E-state index in [9.17, 15) is 0 Å². The summed E-state index contributed by atoms with van der Waals surface area (Å²) >= 11 is 0. The van der Waals surface area contributed by atoms with E-state index in [2.05, 4.69) is 25.2 Å². The SMILES string of the molecule is CC(C)CCNc1cccc(C#N)c1N. The third-order valence-electron chi connectivity index (χ3n) is 2.26. The van der Waals surface area contributed by atoms with Crippen molar-refractivity contribution in [3.8, 4) is 6.07 Å². The Kier molecular flexibility index (Phi) is 3.99. The van der Waals surface area contributed by atoms with Crippen LogP contribution in [0.4, 0.5) is 11.4 Å². The quantitative estimate of drug-likeness (QED) is 0.739. The molecule has 80 valence electrons. The molecule has 0 aromatic heterocycles. The van der Waals surface area contributed by atoms with Gasteiger partial charge < -0.3 is 11.1 Å². The van der Waals surface area contributed by atoms with Crippen molar-refractivity contribution in [2.24, 2.45) is 5.92 Å². The summed E-state index contributed by atoms with van der Waals surface area (Å²) in [6.45, 7) is 5.24. The van der Waals surface area contributed by atoms with Gasteiger partial charge in [0.1, 0.15) is 6.07 Å². The molecular weight excluding hydrogens is 186 g/mol. The molecule has 3 nitrogen and oxygen atoms in total. The molecule has 3 heteroatoms. The summed E-state index contributed by atoms with van der Waals surface area (Å²) < 4.78 is 0. The van der Waals surface area contributed by atoms with Crippen LogP contribution in [0.15, 0.2) is 18.2 Å². The van der Waals surface area contributed by atoms with Gasteiger partial charge in [-0.25, -0.2) is 0 Å². The lowest BCUT2D eigenvalue weighted by Crippen LogP contribution is -2.07. The fourth-order valence-electron chi connectivity index (χ4n) is 1.31. The Bertz CT molecular complexity index is 364. The molecule has 0 aliphatic rings. The topological polar surface area (TPSA) is 61.8 Å². The van der Waals surface area contributed by atoms with Crippen molar-refractivity contribution in [1.82, 2.24) is 0 Å². The predicted molar refractivity (Wildman–Crippen MR) is 63.5 cm³/mol. The van der Waals surface area contributed by atoms with E-state index in [-0.39, 0.29) is 0 Å². The van der Waals surface area contributed by atoms with Crippen molar-refractivity contribution < 1.29 is 0 Å². The number of hydrogen-bond donors (Lipinski definition) is 2. The first-order valence-corrected chi connectivity index (χ1v) is 5.17. The Hall–Kier alpha value is -1.69. The summed E-state index contributed by atoms with van der Waals surface area (Å²) in [5, 5.41) is 12.0. The Morgan fingerprint density at radius 1 is 1.47 bits per heavy atom. The normalized spacial score (nSPS) is 10.0. The molecule has 0 amide bonds. The smallest absolute Gasteiger partial charge is 0.101 e. The van der Waals surface area contributed by atoms with Crippen LogP contribution in [0.1, 0.15) is 25.8 Å². The standard InChI is InChI=1S/C12H17N3/c1-9(2)6-7-15-11-5-3-4-10(8-13)12(11)14/h3-5,9,15H,6-7,14H2,1-2H3. The number of benzene rings is 1. The van der Waals surface area contributed by atoms with Gasteiger partial charge in [-0.2, -0.15) is 5.26 Å². The molecule has 0 aliphatic heterocycles. The Morgan fingerprint density at radius 2 is 2.20 bits per heavy atom. The first-order valence-electron chi connectivity index (χ1n) is 5.17. The van der Waals surface area contributed by atoms with Gasteiger partial charge in [0.2, 0.25) is 0 Å². The predicted octanol–water partition coefficient (Wildman–Crippen LogP) is 2.60. The number of hydrogen-bond acceptors (Lipinski definition) is 3. The van der Waals surface area contributed by atoms with Gasteiger partial charge in [-0.05, 0) is 24.5 Å². The van der Waals surface area contributed by atoms with E-state index >= 15 is 0 Å². The van der Waals surface area contributed by atoms with E-state index in [1.807, 2.05) is 12.1 Å². The van der Waals surface area contributed by atoms with Crippen molar-refractivity contribution in [3.63, 3.8) is 0 Å². The molecule has 0 saturated heterocycles. The van der Waals surface area contributed by atoms with Crippen molar-refractivity contribution in [2.45, 2.75) is 20.3 Å². The summed E-state index contributed by atoms with van der Waals surface area (Å²) in [4.78, 5) is 0. The summed E-state index contributed by atoms with van der Waals surface area (Å²) in [7, 11) is 0. The lowest BCUT2D eigenvalue weighted by atomic mass is 10.1. The van der Waals surface area contributed by atoms with E-state index in [0.29, 0.717) is 17.2 Å². The lowest BCUT2D eigenvalue weighted by Gasteiger charge is -2.11. The maximum Gasteiger partial charge on any atom is 0.101 e. The second kappa shape index (κ2) is 5.26. The van der Waals surface area contributed by atoms with E-state index in [4.69, 9.17) is 11.0 Å². The summed E-state index contributed by atoms with van der Waals surface area (Å²) in [5.74, 6) is 0.665. The fourth-order valence-corrected chi connectivity index (χ4v) is 1.31. The van der Waals surface area contributed by atoms with Crippen LogP contribution in [0.2, 0.25) is 0 Å². The summed E-state index contributed by atoms with van der Waals surface area (Å²) in [6.07, 6.45) is 1.09. The van der Waals surface area contributed by atoms with Gasteiger partial charge in [0.05, 0.1) is 16.9 Å². The van der Waals surface area contributed by atoms with Gasteiger partial charge >= 0.3 is 0 Å². The minimum Gasteiger partial charge on any atom is -0.396 e. The van der Waals surface area contributed by atoms with Crippen LogP contribution in [-0.4, -0.2) is 6.54 Å². The Morgan fingerprint density at radius 3 is 2.80 bits per heavy atom. The number of nitrogen functional groups attached to an aromatic ring is 1. The van der Waals surface area contributed by atoms with E-state index < -0.39 is 0 Å². The number of rotatable bonds is 4. The molecule has 0 aliphatic carbocycles. The molecule has 0 spiro atoms. The van der Waals surface area contributed by atoms with Gasteiger partial charge in [0, 0.05) is 6.54 Å². The van der Waals surface area contributed by atoms with Gasteiger partial charge in [-0.3, -0.25) is 0 Å². The summed E-state index contributed by atoms with van der Waals surface area (Å²) in [5.41, 5.74) is 7.76. The number of anilines is 2. The molecule has 0 fully saturated rings. The number of nitriles is 1. The second-order valence-corrected chi connectivity index (χ2v) is 3.99. The molecular formula is C12H17N3. The molecule has 0 unspecified atom stereocenters. The first kappa shape index (κ1) is 11.4. The van der Waals surface area contributed by atoms with Crippen LogP contribution < -0.4 is 11.1 Å². The van der Waals surface area contributed by atoms with Gasteiger partial charge in [-0.1, -0.05) is 19.9 Å². The third-order valence-corrected chi connectivity index (χ3v) is 2.26. The van der Waals surface area contributed by atoms with Crippen LogP contribution in [0, 0.1) is 17.2 Å². The highest BCUT2D eigenvalue weighted by atomic mass is 14.9. The summed E-state index contributed by atoms with van der Waals surface area (Å²) in [6, 6.07) is 7.53. The molecule has 0 radical (unpaired) electrons. The Labute approximate surface area is 90.9 Å². The van der Waals surface area contributed by atoms with Crippen LogP contribution in [0.25, 0.3) is 0 Å². The zero-order valence-corrected chi connectivity index (χ0v) is 9.25. The van der Waals surface area contributed by atoms with Gasteiger partial charge in [0.15, 0.2) is 0 Å². The number of nitrogens with zero attached hydrogens (tertiary/aromatic N) is 1. The molecule has 3 N–H and O–H groups in total. The molecule has 0 heterocycles. The fraction of sp³-hybridized carbons (Fsp3) is 0.417. The monoisotopic (exact) mass is 203 g/mol. The minimum atomic E-state index is 0.532. The highest BCUT2D eigenvalue weighted by Gasteiger charge is 2.03. The molecule has 1 rings (SSSR count).